The summed E-state index contributed by atoms with van der Waals surface area (Å²) in [6.45, 7) is 2.41. The molecule has 0 aromatic heterocycles. The molecule has 0 radical (unpaired) electrons. The molecule has 3 aromatic rings. The molecule has 3 aromatic carbocycles. The normalized spacial score (nSPS) is 14.5. The zero-order chi connectivity index (χ0) is 24.6. The fraction of sp³-hybridized carbons (Fsp3) is 0.333. The standard InChI is InChI=1S/C30H33BrN2O2/c1-22-14-16-24(17-15-22)20-29(34)33(21-25-10-7-11-26(31)18-25)28(19-23-8-3-2-4-9-23)30(35)32-27-12-5-6-13-27/h2-4,7-11,14-18,27-28H,5-6,12-13,19-21H2,1H3,(H,32,35)/t28-/m0/s1. The van der Waals surface area contributed by atoms with Crippen molar-refractivity contribution < 1.29 is 9.59 Å². The lowest BCUT2D eigenvalue weighted by molar-refractivity contribution is -0.141. The van der Waals surface area contributed by atoms with Crippen molar-refractivity contribution in [1.29, 1.82) is 0 Å². The summed E-state index contributed by atoms with van der Waals surface area (Å²) < 4.78 is 0.955. The van der Waals surface area contributed by atoms with Gasteiger partial charge in [0.2, 0.25) is 11.8 Å². The number of amides is 2. The van der Waals surface area contributed by atoms with E-state index >= 15 is 0 Å². The van der Waals surface area contributed by atoms with Crippen LogP contribution in [0.5, 0.6) is 0 Å². The Morgan fingerprint density at radius 1 is 0.914 bits per heavy atom. The van der Waals surface area contributed by atoms with Gasteiger partial charge in [-0.2, -0.15) is 0 Å². The van der Waals surface area contributed by atoms with Gasteiger partial charge in [-0.15, -0.1) is 0 Å². The Bertz CT molecular complexity index is 1120. The number of nitrogens with one attached hydrogen (secondary N) is 1. The molecule has 1 atom stereocenters. The smallest absolute Gasteiger partial charge is 0.243 e. The molecule has 2 amide bonds. The second-order valence-electron chi connectivity index (χ2n) is 9.51. The lowest BCUT2D eigenvalue weighted by Gasteiger charge is -2.32. The van der Waals surface area contributed by atoms with Gasteiger partial charge in [-0.05, 0) is 48.6 Å². The van der Waals surface area contributed by atoms with E-state index in [1.54, 1.807) is 4.90 Å². The second-order valence-corrected chi connectivity index (χ2v) is 10.4. The highest BCUT2D eigenvalue weighted by Crippen LogP contribution is 2.21. The zero-order valence-corrected chi connectivity index (χ0v) is 21.8. The number of halogens is 1. The third kappa shape index (κ3) is 7.28. The lowest BCUT2D eigenvalue weighted by Crippen LogP contribution is -2.52. The molecule has 182 valence electrons. The molecule has 0 aliphatic heterocycles. The van der Waals surface area contributed by atoms with Crippen LogP contribution in [0.4, 0.5) is 0 Å². The van der Waals surface area contributed by atoms with E-state index in [1.165, 1.54) is 0 Å². The van der Waals surface area contributed by atoms with Gasteiger partial charge in [0.05, 0.1) is 6.42 Å². The second kappa shape index (κ2) is 12.2. The van der Waals surface area contributed by atoms with E-state index in [0.717, 1.165) is 52.4 Å². The highest BCUT2D eigenvalue weighted by Gasteiger charge is 2.32. The van der Waals surface area contributed by atoms with E-state index in [0.29, 0.717) is 13.0 Å². The number of hydrogen-bond acceptors (Lipinski definition) is 2. The zero-order valence-electron chi connectivity index (χ0n) is 20.3. The van der Waals surface area contributed by atoms with Gasteiger partial charge in [0.15, 0.2) is 0 Å². The Labute approximate surface area is 216 Å². The van der Waals surface area contributed by atoms with Crippen molar-refractivity contribution >= 4 is 27.7 Å². The van der Waals surface area contributed by atoms with Crippen LogP contribution in [-0.4, -0.2) is 28.8 Å². The van der Waals surface area contributed by atoms with Crippen molar-refractivity contribution in [2.24, 2.45) is 0 Å². The summed E-state index contributed by atoms with van der Waals surface area (Å²) in [7, 11) is 0. The predicted molar refractivity (Wildman–Crippen MR) is 144 cm³/mol. The molecule has 4 rings (SSSR count). The van der Waals surface area contributed by atoms with Crippen molar-refractivity contribution in [2.45, 2.75) is 64.1 Å². The largest absolute Gasteiger partial charge is 0.352 e. The van der Waals surface area contributed by atoms with E-state index in [9.17, 15) is 9.59 Å². The van der Waals surface area contributed by atoms with Gasteiger partial charge in [-0.3, -0.25) is 9.59 Å². The van der Waals surface area contributed by atoms with Gasteiger partial charge in [-0.1, -0.05) is 101 Å². The van der Waals surface area contributed by atoms with E-state index < -0.39 is 6.04 Å². The van der Waals surface area contributed by atoms with Crippen molar-refractivity contribution in [2.75, 3.05) is 0 Å². The van der Waals surface area contributed by atoms with Gasteiger partial charge in [0.1, 0.15) is 6.04 Å². The van der Waals surface area contributed by atoms with Gasteiger partial charge in [-0.25, -0.2) is 0 Å². The Morgan fingerprint density at radius 3 is 2.29 bits per heavy atom. The van der Waals surface area contributed by atoms with E-state index in [2.05, 4.69) is 21.2 Å². The van der Waals surface area contributed by atoms with Gasteiger partial charge in [0.25, 0.3) is 0 Å². The fourth-order valence-corrected chi connectivity index (χ4v) is 5.18. The summed E-state index contributed by atoms with van der Waals surface area (Å²) >= 11 is 3.55. The van der Waals surface area contributed by atoms with Crippen LogP contribution in [0.2, 0.25) is 0 Å². The lowest BCUT2D eigenvalue weighted by atomic mass is 10.0. The van der Waals surface area contributed by atoms with E-state index in [4.69, 9.17) is 0 Å². The average molecular weight is 534 g/mol. The minimum Gasteiger partial charge on any atom is -0.352 e. The number of rotatable bonds is 9. The monoisotopic (exact) mass is 532 g/mol. The van der Waals surface area contributed by atoms with Crippen molar-refractivity contribution in [1.82, 2.24) is 10.2 Å². The van der Waals surface area contributed by atoms with Gasteiger partial charge < -0.3 is 10.2 Å². The maximum absolute atomic E-state index is 13.8. The summed E-state index contributed by atoms with van der Waals surface area (Å²) in [6, 6.07) is 25.6. The number of carbonyl (C=O) groups excluding carboxylic acids is 2. The van der Waals surface area contributed by atoms with Crippen molar-refractivity contribution in [3.8, 4) is 0 Å². The molecular formula is C30H33BrN2O2. The van der Waals surface area contributed by atoms with Crippen molar-refractivity contribution in [3.05, 3.63) is 106 Å². The fourth-order valence-electron chi connectivity index (χ4n) is 4.74. The molecule has 0 unspecified atom stereocenters. The number of aryl methyl sites for hydroxylation is 1. The molecule has 1 N–H and O–H groups in total. The van der Waals surface area contributed by atoms with E-state index in [1.807, 2.05) is 85.8 Å². The molecule has 5 heteroatoms. The van der Waals surface area contributed by atoms with Crippen LogP contribution in [0.25, 0.3) is 0 Å². The first-order valence-electron chi connectivity index (χ1n) is 12.4. The maximum atomic E-state index is 13.8. The first kappa shape index (κ1) is 25.2. The SMILES string of the molecule is Cc1ccc(CC(=O)N(Cc2cccc(Br)c2)[C@@H](Cc2ccccc2)C(=O)NC2CCCC2)cc1. The third-order valence-corrected chi connectivity index (χ3v) is 7.18. The van der Waals surface area contributed by atoms with Crippen molar-refractivity contribution in [3.63, 3.8) is 0 Å². The minimum atomic E-state index is -0.588. The van der Waals surface area contributed by atoms with Crippen LogP contribution in [-0.2, 0) is 29.0 Å². The number of nitrogens with zero attached hydrogens (tertiary/aromatic N) is 1. The Balaban J connectivity index is 1.65. The highest BCUT2D eigenvalue weighted by atomic mass is 79.9. The quantitative estimate of drug-likeness (QED) is 0.367. The summed E-state index contributed by atoms with van der Waals surface area (Å²) in [4.78, 5) is 29.3. The highest BCUT2D eigenvalue weighted by molar-refractivity contribution is 9.10. The van der Waals surface area contributed by atoms with Crippen LogP contribution >= 0.6 is 15.9 Å². The Kier molecular flexibility index (Phi) is 8.75. The number of benzene rings is 3. The minimum absolute atomic E-state index is 0.0451. The average Bonchev–Trinajstić information content (AvgIpc) is 3.36. The Morgan fingerprint density at radius 2 is 1.60 bits per heavy atom. The van der Waals surface area contributed by atoms with Crippen LogP contribution in [0.1, 0.15) is 47.9 Å². The molecule has 1 fully saturated rings. The molecule has 35 heavy (non-hydrogen) atoms. The van der Waals surface area contributed by atoms with Gasteiger partial charge in [0, 0.05) is 23.5 Å². The van der Waals surface area contributed by atoms with Crippen LogP contribution < -0.4 is 5.32 Å². The molecule has 1 aliphatic carbocycles. The molecule has 1 aliphatic rings. The molecule has 0 bridgehead atoms. The predicted octanol–water partition coefficient (Wildman–Crippen LogP) is 6.00. The van der Waals surface area contributed by atoms with Crippen LogP contribution in [0.3, 0.4) is 0 Å². The van der Waals surface area contributed by atoms with E-state index in [-0.39, 0.29) is 24.3 Å². The molecule has 0 spiro atoms. The molecule has 1 saturated carbocycles. The topological polar surface area (TPSA) is 49.4 Å². The first-order valence-corrected chi connectivity index (χ1v) is 13.2. The molecule has 0 saturated heterocycles. The molecule has 0 heterocycles. The number of carbonyl (C=O) groups is 2. The summed E-state index contributed by atoms with van der Waals surface area (Å²) in [5.74, 6) is -0.107. The van der Waals surface area contributed by atoms with Crippen LogP contribution in [0.15, 0.2) is 83.3 Å². The summed E-state index contributed by atoms with van der Waals surface area (Å²) in [5, 5.41) is 3.26. The summed E-state index contributed by atoms with van der Waals surface area (Å²) in [5.41, 5.74) is 4.14. The maximum Gasteiger partial charge on any atom is 0.243 e. The number of hydrogen-bond donors (Lipinski definition) is 1. The summed E-state index contributed by atoms with van der Waals surface area (Å²) in [6.07, 6.45) is 5.04. The molecule has 4 nitrogen and oxygen atoms in total. The molecular weight excluding hydrogens is 500 g/mol. The van der Waals surface area contributed by atoms with Gasteiger partial charge >= 0.3 is 0 Å². The Hall–Kier alpha value is -2.92. The third-order valence-electron chi connectivity index (χ3n) is 6.69. The first-order chi connectivity index (χ1) is 17.0. The van der Waals surface area contributed by atoms with Crippen LogP contribution in [0, 0.1) is 6.92 Å².